The first-order valence-corrected chi connectivity index (χ1v) is 10.8. The van der Waals surface area contributed by atoms with E-state index >= 15 is 0 Å². The van der Waals surface area contributed by atoms with Crippen molar-refractivity contribution in [3.63, 3.8) is 0 Å². The van der Waals surface area contributed by atoms with Crippen molar-refractivity contribution in [2.75, 3.05) is 0 Å². The second-order valence-electron chi connectivity index (χ2n) is 9.04. The summed E-state index contributed by atoms with van der Waals surface area (Å²) in [6, 6.07) is 16.9. The quantitative estimate of drug-likeness (QED) is 0.627. The van der Waals surface area contributed by atoms with E-state index in [1.165, 1.54) is 0 Å². The predicted octanol–water partition coefficient (Wildman–Crippen LogP) is 5.69. The Hall–Kier alpha value is -2.85. The number of esters is 1. The van der Waals surface area contributed by atoms with Gasteiger partial charge in [-0.3, -0.25) is 4.79 Å². The van der Waals surface area contributed by atoms with Gasteiger partial charge in [0.05, 0.1) is 5.57 Å². The number of rotatable bonds is 4. The molecular formula is C26H26ClNO3. The Kier molecular flexibility index (Phi) is 5.76. The van der Waals surface area contributed by atoms with E-state index in [4.69, 9.17) is 16.3 Å². The number of hydrogen-bond acceptors (Lipinski definition) is 4. The lowest BCUT2D eigenvalue weighted by atomic mass is 9.68. The Morgan fingerprint density at radius 2 is 1.77 bits per heavy atom. The largest absolute Gasteiger partial charge is 0.457 e. The topological polar surface area (TPSA) is 55.4 Å². The highest BCUT2D eigenvalue weighted by Gasteiger charge is 2.43. The minimum Gasteiger partial charge on any atom is -0.457 e. The molecule has 1 aliphatic carbocycles. The molecule has 1 atom stereocenters. The molecule has 1 N–H and O–H groups in total. The van der Waals surface area contributed by atoms with Crippen LogP contribution in [0.15, 0.2) is 77.1 Å². The summed E-state index contributed by atoms with van der Waals surface area (Å²) in [4.78, 5) is 26.5. The Bertz CT molecular complexity index is 1080. The molecule has 160 valence electrons. The summed E-state index contributed by atoms with van der Waals surface area (Å²) in [6.45, 7) is 6.24. The van der Waals surface area contributed by atoms with E-state index in [9.17, 15) is 9.59 Å². The molecule has 0 aromatic heterocycles. The number of Topliss-reactive ketones (excluding diaryl/α,β-unsaturated/α-hetero) is 1. The highest BCUT2D eigenvalue weighted by Crippen LogP contribution is 2.46. The van der Waals surface area contributed by atoms with Gasteiger partial charge < -0.3 is 10.1 Å². The second-order valence-corrected chi connectivity index (χ2v) is 9.48. The SMILES string of the molecule is CC1=C(C(=O)OCc2ccccc2)[C@H](c2ccc(Cl)cc2)C2=C(CC(C)(C)CC2=O)N1. The minimum atomic E-state index is -0.472. The molecule has 0 saturated carbocycles. The van der Waals surface area contributed by atoms with Crippen LogP contribution in [-0.4, -0.2) is 11.8 Å². The van der Waals surface area contributed by atoms with Crippen LogP contribution in [0.25, 0.3) is 0 Å². The average molecular weight is 436 g/mol. The highest BCUT2D eigenvalue weighted by molar-refractivity contribution is 6.30. The molecule has 1 heterocycles. The van der Waals surface area contributed by atoms with Gasteiger partial charge in [-0.1, -0.05) is 67.9 Å². The van der Waals surface area contributed by atoms with Crippen LogP contribution in [0.1, 0.15) is 50.7 Å². The number of ketones is 1. The lowest BCUT2D eigenvalue weighted by Crippen LogP contribution is -2.38. The maximum absolute atomic E-state index is 13.3. The molecule has 0 radical (unpaired) electrons. The van der Waals surface area contributed by atoms with Crippen LogP contribution in [0.2, 0.25) is 5.02 Å². The molecule has 2 aromatic carbocycles. The van der Waals surface area contributed by atoms with Crippen LogP contribution in [0, 0.1) is 5.41 Å². The first-order chi connectivity index (χ1) is 14.7. The lowest BCUT2D eigenvalue weighted by Gasteiger charge is -2.39. The van der Waals surface area contributed by atoms with E-state index < -0.39 is 11.9 Å². The van der Waals surface area contributed by atoms with Crippen LogP contribution in [0.4, 0.5) is 0 Å². The molecule has 4 rings (SSSR count). The van der Waals surface area contributed by atoms with Gasteiger partial charge in [-0.2, -0.15) is 0 Å². The lowest BCUT2D eigenvalue weighted by molar-refractivity contribution is -0.140. The van der Waals surface area contributed by atoms with Crippen LogP contribution in [-0.2, 0) is 20.9 Å². The van der Waals surface area contributed by atoms with E-state index in [1.54, 1.807) is 12.1 Å². The Morgan fingerprint density at radius 3 is 2.45 bits per heavy atom. The van der Waals surface area contributed by atoms with E-state index in [-0.39, 0.29) is 17.8 Å². The normalized spacial score (nSPS) is 20.3. The molecule has 0 fully saturated rings. The summed E-state index contributed by atoms with van der Waals surface area (Å²) in [5.74, 6) is -0.821. The number of nitrogens with one attached hydrogen (secondary N) is 1. The van der Waals surface area contributed by atoms with Crippen molar-refractivity contribution in [3.8, 4) is 0 Å². The summed E-state index contributed by atoms with van der Waals surface area (Å²) >= 11 is 6.10. The number of dihydropyridines is 1. The average Bonchev–Trinajstić information content (AvgIpc) is 2.71. The summed E-state index contributed by atoms with van der Waals surface area (Å²) in [6.07, 6.45) is 1.20. The van der Waals surface area contributed by atoms with Crippen molar-refractivity contribution < 1.29 is 14.3 Å². The van der Waals surface area contributed by atoms with E-state index in [0.717, 1.165) is 28.9 Å². The molecule has 0 bridgehead atoms. The standard InChI is InChI=1S/C26H26ClNO3/c1-16-22(25(30)31-15-17-7-5-4-6-8-17)23(18-9-11-19(27)12-10-18)24-20(28-16)13-26(2,3)14-21(24)29/h4-12,23,28H,13-15H2,1-3H3/t23-/m0/s1. The third-order valence-corrected chi connectivity index (χ3v) is 6.13. The first-order valence-electron chi connectivity index (χ1n) is 10.5. The summed E-state index contributed by atoms with van der Waals surface area (Å²) < 4.78 is 5.67. The second kappa shape index (κ2) is 8.35. The molecule has 5 heteroatoms. The molecule has 1 aliphatic heterocycles. The highest BCUT2D eigenvalue weighted by atomic mass is 35.5. The van der Waals surface area contributed by atoms with Gasteiger partial charge in [-0.05, 0) is 42.0 Å². The monoisotopic (exact) mass is 435 g/mol. The third-order valence-electron chi connectivity index (χ3n) is 5.88. The Labute approximate surface area is 187 Å². The van der Waals surface area contributed by atoms with Gasteiger partial charge in [0.1, 0.15) is 6.61 Å². The molecule has 0 amide bonds. The summed E-state index contributed by atoms with van der Waals surface area (Å²) in [7, 11) is 0. The van der Waals surface area contributed by atoms with Crippen molar-refractivity contribution in [2.45, 2.75) is 46.1 Å². The number of benzene rings is 2. The fraction of sp³-hybridized carbons (Fsp3) is 0.308. The Morgan fingerprint density at radius 1 is 1.10 bits per heavy atom. The fourth-order valence-corrected chi connectivity index (χ4v) is 4.62. The zero-order chi connectivity index (χ0) is 22.2. The predicted molar refractivity (Wildman–Crippen MR) is 121 cm³/mol. The van der Waals surface area contributed by atoms with Crippen LogP contribution in [0.5, 0.6) is 0 Å². The van der Waals surface area contributed by atoms with Gasteiger partial charge in [0.15, 0.2) is 5.78 Å². The van der Waals surface area contributed by atoms with Crippen LogP contribution < -0.4 is 5.32 Å². The zero-order valence-electron chi connectivity index (χ0n) is 18.0. The van der Waals surface area contributed by atoms with Gasteiger partial charge in [-0.25, -0.2) is 4.79 Å². The number of hydrogen-bond donors (Lipinski definition) is 1. The van der Waals surface area contributed by atoms with Gasteiger partial charge in [0, 0.05) is 34.3 Å². The zero-order valence-corrected chi connectivity index (χ0v) is 18.8. The molecule has 2 aromatic rings. The summed E-state index contributed by atoms with van der Waals surface area (Å²) in [5, 5.41) is 3.96. The van der Waals surface area contributed by atoms with Crippen LogP contribution >= 0.6 is 11.6 Å². The molecule has 31 heavy (non-hydrogen) atoms. The third kappa shape index (κ3) is 4.45. The van der Waals surface area contributed by atoms with Gasteiger partial charge >= 0.3 is 5.97 Å². The molecule has 4 nitrogen and oxygen atoms in total. The van der Waals surface area contributed by atoms with Crippen molar-refractivity contribution in [1.82, 2.24) is 5.32 Å². The number of carbonyl (C=O) groups is 2. The number of carbonyl (C=O) groups excluding carboxylic acids is 2. The molecule has 0 unspecified atom stereocenters. The van der Waals surface area contributed by atoms with Crippen molar-refractivity contribution in [3.05, 3.63) is 93.3 Å². The number of ether oxygens (including phenoxy) is 1. The maximum Gasteiger partial charge on any atom is 0.337 e. The van der Waals surface area contributed by atoms with E-state index in [0.29, 0.717) is 22.6 Å². The molecule has 0 spiro atoms. The van der Waals surface area contributed by atoms with Crippen molar-refractivity contribution in [1.29, 1.82) is 0 Å². The molecule has 0 saturated heterocycles. The molecule has 2 aliphatic rings. The Balaban J connectivity index is 1.73. The summed E-state index contributed by atoms with van der Waals surface area (Å²) in [5.41, 5.74) is 4.41. The number of allylic oxidation sites excluding steroid dienone is 3. The van der Waals surface area contributed by atoms with E-state index in [2.05, 4.69) is 19.2 Å². The first kappa shape index (κ1) is 21.4. The van der Waals surface area contributed by atoms with Crippen LogP contribution in [0.3, 0.4) is 0 Å². The maximum atomic E-state index is 13.3. The van der Waals surface area contributed by atoms with Gasteiger partial charge in [0.2, 0.25) is 0 Å². The van der Waals surface area contributed by atoms with Gasteiger partial charge in [0.25, 0.3) is 0 Å². The van der Waals surface area contributed by atoms with E-state index in [1.807, 2.05) is 49.4 Å². The fourth-order valence-electron chi connectivity index (χ4n) is 4.50. The van der Waals surface area contributed by atoms with Gasteiger partial charge in [-0.15, -0.1) is 0 Å². The minimum absolute atomic E-state index is 0.0690. The molecular weight excluding hydrogens is 410 g/mol. The smallest absolute Gasteiger partial charge is 0.337 e. The van der Waals surface area contributed by atoms with Crippen molar-refractivity contribution >= 4 is 23.4 Å². The number of halogens is 1. The van der Waals surface area contributed by atoms with Crippen molar-refractivity contribution in [2.24, 2.45) is 5.41 Å².